The molecule has 32 heavy (non-hydrogen) atoms. The van der Waals surface area contributed by atoms with E-state index in [-0.39, 0.29) is 6.54 Å². The highest BCUT2D eigenvalue weighted by Crippen LogP contribution is 2.26. The highest BCUT2D eigenvalue weighted by Gasteiger charge is 2.23. The first kappa shape index (κ1) is 23.3. The van der Waals surface area contributed by atoms with Crippen molar-refractivity contribution < 1.29 is 13.2 Å². The van der Waals surface area contributed by atoms with Crippen LogP contribution < -0.4 is 9.73 Å². The van der Waals surface area contributed by atoms with E-state index < -0.39 is 15.9 Å². The van der Waals surface area contributed by atoms with Crippen LogP contribution in [0.5, 0.6) is 0 Å². The fourth-order valence-corrected chi connectivity index (χ4v) is 4.76. The zero-order valence-electron chi connectivity index (χ0n) is 19.0. The van der Waals surface area contributed by atoms with Crippen molar-refractivity contribution >= 4 is 27.8 Å². The minimum absolute atomic E-state index is 0.356. The van der Waals surface area contributed by atoms with Crippen LogP contribution in [0.25, 0.3) is 5.69 Å². The van der Waals surface area contributed by atoms with Gasteiger partial charge in [-0.3, -0.25) is 9.10 Å². The molecule has 0 aliphatic rings. The molecule has 0 aliphatic heterocycles. The van der Waals surface area contributed by atoms with E-state index in [4.69, 9.17) is 0 Å². The van der Waals surface area contributed by atoms with Gasteiger partial charge in [0.15, 0.2) is 0 Å². The Morgan fingerprint density at radius 2 is 1.66 bits per heavy atom. The predicted octanol–water partition coefficient (Wildman–Crippen LogP) is 3.63. The zero-order valence-corrected chi connectivity index (χ0v) is 19.8. The Bertz CT molecular complexity index is 1240. The van der Waals surface area contributed by atoms with Gasteiger partial charge in [0, 0.05) is 22.6 Å². The summed E-state index contributed by atoms with van der Waals surface area (Å²) in [4.78, 5) is 12.5. The number of carbonyl (C=O) groups excluding carboxylic acids is 1. The minimum Gasteiger partial charge on any atom is -0.318 e. The summed E-state index contributed by atoms with van der Waals surface area (Å²) in [6, 6.07) is 17.4. The lowest BCUT2D eigenvalue weighted by Gasteiger charge is -2.25. The number of benzene rings is 2. The van der Waals surface area contributed by atoms with E-state index in [0.29, 0.717) is 5.69 Å². The number of para-hydroxylation sites is 2. The molecule has 2 aromatic carbocycles. The second kappa shape index (κ2) is 9.40. The van der Waals surface area contributed by atoms with Crippen LogP contribution >= 0.6 is 0 Å². The van der Waals surface area contributed by atoms with Crippen LogP contribution in [0.1, 0.15) is 28.1 Å². The smallest absolute Gasteiger partial charge is 0.260 e. The summed E-state index contributed by atoms with van der Waals surface area (Å²) in [5.41, 5.74) is 8.46. The first-order valence-corrected chi connectivity index (χ1v) is 12.0. The number of hydrogen-bond acceptors (Lipinski definition) is 4. The Balaban J connectivity index is 1.77. The first-order valence-electron chi connectivity index (χ1n) is 10.2. The molecule has 0 spiro atoms. The number of nitrogens with one attached hydrogen (secondary N) is 1. The number of amides is 1. The number of carbonyl (C=O) groups is 1. The molecule has 0 atom stereocenters. The van der Waals surface area contributed by atoms with E-state index >= 15 is 0 Å². The molecule has 0 aliphatic carbocycles. The van der Waals surface area contributed by atoms with Crippen LogP contribution in [0.15, 0.2) is 59.7 Å². The highest BCUT2D eigenvalue weighted by atomic mass is 32.2. The summed E-state index contributed by atoms with van der Waals surface area (Å²) in [7, 11) is -3.66. The van der Waals surface area contributed by atoms with Gasteiger partial charge in [-0.2, -0.15) is 5.10 Å². The van der Waals surface area contributed by atoms with Crippen LogP contribution in [-0.4, -0.2) is 37.9 Å². The fourth-order valence-electron chi connectivity index (χ4n) is 3.79. The lowest BCUT2D eigenvalue weighted by Crippen LogP contribution is -2.39. The molecule has 1 aromatic heterocycles. The molecule has 0 radical (unpaired) electrons. The van der Waals surface area contributed by atoms with Gasteiger partial charge in [-0.25, -0.2) is 13.8 Å². The number of aryl methyl sites for hydroxylation is 3. The fraction of sp³-hybridized carbons (Fsp3) is 0.250. The summed E-state index contributed by atoms with van der Waals surface area (Å²) in [5, 5.41) is 4.06. The minimum atomic E-state index is -3.66. The van der Waals surface area contributed by atoms with Gasteiger partial charge < -0.3 is 4.57 Å². The molecule has 168 valence electrons. The average molecular weight is 453 g/mol. The van der Waals surface area contributed by atoms with Gasteiger partial charge in [0.05, 0.1) is 18.2 Å². The second-order valence-corrected chi connectivity index (χ2v) is 9.71. The lowest BCUT2D eigenvalue weighted by molar-refractivity contribution is -0.119. The maximum atomic E-state index is 12.5. The molecule has 0 fully saturated rings. The molecule has 8 heteroatoms. The summed E-state index contributed by atoms with van der Waals surface area (Å²) < 4.78 is 28.0. The molecule has 1 N–H and O–H groups in total. The number of rotatable bonds is 7. The van der Waals surface area contributed by atoms with Gasteiger partial charge in [0.1, 0.15) is 6.54 Å². The van der Waals surface area contributed by atoms with Crippen LogP contribution in [0, 0.1) is 27.7 Å². The van der Waals surface area contributed by atoms with Gasteiger partial charge in [0.2, 0.25) is 10.0 Å². The quantitative estimate of drug-likeness (QED) is 0.439. The molecule has 0 saturated carbocycles. The standard InChI is InChI=1S/C24H28N4O3S/c1-17-10-9-11-18(2)24(17)27(32(5,30)31)16-23(29)26-25-15-21-14-19(3)28(20(21)4)22-12-7-6-8-13-22/h6-15H,16H2,1-5H3,(H,26,29)/b25-15-. The highest BCUT2D eigenvalue weighted by molar-refractivity contribution is 7.92. The van der Waals surface area contributed by atoms with E-state index in [1.54, 1.807) is 6.21 Å². The van der Waals surface area contributed by atoms with Crippen LogP contribution in [0.2, 0.25) is 0 Å². The molecule has 0 unspecified atom stereocenters. The number of sulfonamides is 1. The van der Waals surface area contributed by atoms with Crippen molar-refractivity contribution in [3.8, 4) is 5.69 Å². The molecular formula is C24H28N4O3S. The first-order chi connectivity index (χ1) is 15.1. The molecule has 0 bridgehead atoms. The van der Waals surface area contributed by atoms with Crippen molar-refractivity contribution in [3.63, 3.8) is 0 Å². The maximum absolute atomic E-state index is 12.5. The van der Waals surface area contributed by atoms with Gasteiger partial charge in [-0.1, -0.05) is 36.4 Å². The summed E-state index contributed by atoms with van der Waals surface area (Å²) in [6.45, 7) is 7.27. The maximum Gasteiger partial charge on any atom is 0.260 e. The molecule has 3 aromatic rings. The van der Waals surface area contributed by atoms with Gasteiger partial charge in [0.25, 0.3) is 5.91 Å². The zero-order chi connectivity index (χ0) is 23.5. The van der Waals surface area contributed by atoms with Crippen molar-refractivity contribution in [3.05, 3.63) is 82.7 Å². The monoisotopic (exact) mass is 452 g/mol. The van der Waals surface area contributed by atoms with E-state index in [0.717, 1.165) is 44.3 Å². The third-order valence-corrected chi connectivity index (χ3v) is 6.37. The van der Waals surface area contributed by atoms with Crippen LogP contribution in [-0.2, 0) is 14.8 Å². The number of anilines is 1. The van der Waals surface area contributed by atoms with Gasteiger partial charge >= 0.3 is 0 Å². The summed E-state index contributed by atoms with van der Waals surface area (Å²) >= 11 is 0. The number of hydrogen-bond donors (Lipinski definition) is 1. The van der Waals surface area contributed by atoms with E-state index in [1.165, 1.54) is 0 Å². The van der Waals surface area contributed by atoms with Crippen molar-refractivity contribution in [2.45, 2.75) is 27.7 Å². The van der Waals surface area contributed by atoms with E-state index in [9.17, 15) is 13.2 Å². The van der Waals surface area contributed by atoms with Gasteiger partial charge in [-0.05, 0) is 57.0 Å². The topological polar surface area (TPSA) is 83.8 Å². The largest absolute Gasteiger partial charge is 0.318 e. The second-order valence-electron chi connectivity index (χ2n) is 7.80. The molecular weight excluding hydrogens is 424 g/mol. The van der Waals surface area contributed by atoms with Gasteiger partial charge in [-0.15, -0.1) is 0 Å². The lowest BCUT2D eigenvalue weighted by atomic mass is 10.1. The number of nitrogens with zero attached hydrogens (tertiary/aromatic N) is 3. The summed E-state index contributed by atoms with van der Waals surface area (Å²) in [6.07, 6.45) is 2.66. The Labute approximate surface area is 189 Å². The molecule has 1 amide bonds. The number of hydrazone groups is 1. The Kier molecular flexibility index (Phi) is 6.84. The third kappa shape index (κ3) is 5.08. The molecule has 3 rings (SSSR count). The molecule has 1 heterocycles. The van der Waals surface area contributed by atoms with E-state index in [2.05, 4.69) is 15.1 Å². The molecule has 7 nitrogen and oxygen atoms in total. The third-order valence-electron chi connectivity index (χ3n) is 5.25. The Morgan fingerprint density at radius 3 is 2.25 bits per heavy atom. The predicted molar refractivity (Wildman–Crippen MR) is 129 cm³/mol. The van der Waals surface area contributed by atoms with Crippen LogP contribution in [0.4, 0.5) is 5.69 Å². The number of aromatic nitrogens is 1. The molecule has 0 saturated heterocycles. The Morgan fingerprint density at radius 1 is 1.03 bits per heavy atom. The normalized spacial score (nSPS) is 11.7. The van der Waals surface area contributed by atoms with Crippen LogP contribution in [0.3, 0.4) is 0 Å². The average Bonchev–Trinajstić information content (AvgIpc) is 3.00. The van der Waals surface area contributed by atoms with Crippen molar-refractivity contribution in [1.82, 2.24) is 9.99 Å². The van der Waals surface area contributed by atoms with E-state index in [1.807, 2.05) is 82.3 Å². The van der Waals surface area contributed by atoms with Crippen molar-refractivity contribution in [1.29, 1.82) is 0 Å². The van der Waals surface area contributed by atoms with Crippen molar-refractivity contribution in [2.75, 3.05) is 17.1 Å². The SMILES string of the molecule is Cc1cccc(C)c1N(CC(=O)N/N=C\c1cc(C)n(-c2ccccc2)c1C)S(C)(=O)=O. The summed E-state index contributed by atoms with van der Waals surface area (Å²) in [5.74, 6) is -0.522. The van der Waals surface area contributed by atoms with Crippen molar-refractivity contribution in [2.24, 2.45) is 5.10 Å². The Hall–Kier alpha value is -3.39.